The largest absolute Gasteiger partial charge is 0.356 e. The molecule has 0 unspecified atom stereocenters. The molecule has 0 bridgehead atoms. The number of hydrogen-bond donors (Lipinski definition) is 1. The second kappa shape index (κ2) is 10.4. The SMILES string of the molecule is Cc1nn(CCC(=O)NCCCc2ccccc2)c(C)c1S(=O)(=O)N1CCC(C)CC1. The zero-order chi connectivity index (χ0) is 22.4. The highest BCUT2D eigenvalue weighted by Gasteiger charge is 2.32. The van der Waals surface area contributed by atoms with Crippen LogP contribution in [0.4, 0.5) is 0 Å². The van der Waals surface area contributed by atoms with E-state index in [1.54, 1.807) is 22.8 Å². The van der Waals surface area contributed by atoms with Crippen LogP contribution < -0.4 is 5.32 Å². The topological polar surface area (TPSA) is 84.3 Å². The number of piperidine rings is 1. The summed E-state index contributed by atoms with van der Waals surface area (Å²) in [5.74, 6) is 0.512. The number of hydrogen-bond acceptors (Lipinski definition) is 4. The van der Waals surface area contributed by atoms with E-state index in [-0.39, 0.29) is 12.3 Å². The maximum absolute atomic E-state index is 13.2. The molecule has 31 heavy (non-hydrogen) atoms. The predicted octanol–water partition coefficient (Wildman–Crippen LogP) is 3.06. The van der Waals surface area contributed by atoms with E-state index in [9.17, 15) is 13.2 Å². The highest BCUT2D eigenvalue weighted by molar-refractivity contribution is 7.89. The van der Waals surface area contributed by atoms with Crippen molar-refractivity contribution in [2.24, 2.45) is 5.92 Å². The third-order valence-electron chi connectivity index (χ3n) is 6.01. The minimum Gasteiger partial charge on any atom is -0.356 e. The van der Waals surface area contributed by atoms with E-state index in [1.807, 2.05) is 18.2 Å². The molecule has 0 radical (unpaired) electrons. The minimum atomic E-state index is -3.56. The van der Waals surface area contributed by atoms with Gasteiger partial charge in [0.1, 0.15) is 4.90 Å². The molecular weight excluding hydrogens is 412 g/mol. The molecular formula is C23H34N4O3S. The average molecular weight is 447 g/mol. The van der Waals surface area contributed by atoms with Crippen LogP contribution in [0.2, 0.25) is 0 Å². The monoisotopic (exact) mass is 446 g/mol. The Kier molecular flexibility index (Phi) is 7.89. The molecule has 0 saturated carbocycles. The number of amides is 1. The Bertz CT molecular complexity index is 978. The zero-order valence-corrected chi connectivity index (χ0v) is 19.6. The third-order valence-corrected chi connectivity index (χ3v) is 8.17. The first-order valence-electron chi connectivity index (χ1n) is 11.1. The number of nitrogens with zero attached hydrogens (tertiary/aromatic N) is 3. The van der Waals surface area contributed by atoms with Crippen molar-refractivity contribution in [3.05, 3.63) is 47.3 Å². The first-order valence-corrected chi connectivity index (χ1v) is 12.6. The molecule has 2 heterocycles. The maximum Gasteiger partial charge on any atom is 0.246 e. The number of aromatic nitrogens is 2. The van der Waals surface area contributed by atoms with Crippen molar-refractivity contribution in [2.75, 3.05) is 19.6 Å². The summed E-state index contributed by atoms with van der Waals surface area (Å²) in [6.45, 7) is 7.76. The molecule has 3 rings (SSSR count). The van der Waals surface area contributed by atoms with Gasteiger partial charge in [0.2, 0.25) is 15.9 Å². The molecule has 0 aliphatic carbocycles. The van der Waals surface area contributed by atoms with Crippen LogP contribution in [0, 0.1) is 19.8 Å². The Morgan fingerprint density at radius 3 is 2.52 bits per heavy atom. The molecule has 1 aromatic heterocycles. The Labute approximate surface area is 185 Å². The lowest BCUT2D eigenvalue weighted by atomic mass is 10.0. The summed E-state index contributed by atoms with van der Waals surface area (Å²) < 4.78 is 29.6. The third kappa shape index (κ3) is 5.95. The second-order valence-electron chi connectivity index (χ2n) is 8.50. The lowest BCUT2D eigenvalue weighted by Gasteiger charge is -2.29. The Morgan fingerprint density at radius 2 is 1.84 bits per heavy atom. The quantitative estimate of drug-likeness (QED) is 0.600. The number of carbonyl (C=O) groups excluding carboxylic acids is 1. The summed E-state index contributed by atoms with van der Waals surface area (Å²) in [4.78, 5) is 12.5. The van der Waals surface area contributed by atoms with Crippen LogP contribution in [-0.4, -0.2) is 48.0 Å². The van der Waals surface area contributed by atoms with Crippen LogP contribution in [0.15, 0.2) is 35.2 Å². The highest BCUT2D eigenvalue weighted by Crippen LogP contribution is 2.27. The highest BCUT2D eigenvalue weighted by atomic mass is 32.2. The number of nitrogens with one attached hydrogen (secondary N) is 1. The van der Waals surface area contributed by atoms with E-state index in [0.717, 1.165) is 25.7 Å². The molecule has 7 nitrogen and oxygen atoms in total. The summed E-state index contributed by atoms with van der Waals surface area (Å²) in [6, 6.07) is 10.2. The smallest absolute Gasteiger partial charge is 0.246 e. The number of sulfonamides is 1. The summed E-state index contributed by atoms with van der Waals surface area (Å²) in [6.07, 6.45) is 3.85. The predicted molar refractivity (Wildman–Crippen MR) is 121 cm³/mol. The Balaban J connectivity index is 1.52. The first kappa shape index (κ1) is 23.5. The number of benzene rings is 1. The molecule has 1 fully saturated rings. The van der Waals surface area contributed by atoms with E-state index >= 15 is 0 Å². The molecule has 1 saturated heterocycles. The normalized spacial score (nSPS) is 15.8. The van der Waals surface area contributed by atoms with Crippen molar-refractivity contribution in [1.82, 2.24) is 19.4 Å². The molecule has 0 atom stereocenters. The van der Waals surface area contributed by atoms with Gasteiger partial charge in [-0.15, -0.1) is 0 Å². The van der Waals surface area contributed by atoms with Crippen molar-refractivity contribution < 1.29 is 13.2 Å². The van der Waals surface area contributed by atoms with Gasteiger partial charge in [0.15, 0.2) is 0 Å². The first-order chi connectivity index (χ1) is 14.8. The van der Waals surface area contributed by atoms with Gasteiger partial charge in [0.05, 0.1) is 17.9 Å². The number of carbonyl (C=O) groups is 1. The fourth-order valence-electron chi connectivity index (χ4n) is 4.09. The molecule has 1 aromatic carbocycles. The lowest BCUT2D eigenvalue weighted by molar-refractivity contribution is -0.121. The molecule has 1 aliphatic rings. The molecule has 170 valence electrons. The molecule has 8 heteroatoms. The van der Waals surface area contributed by atoms with Crippen LogP contribution in [0.1, 0.15) is 49.6 Å². The van der Waals surface area contributed by atoms with Gasteiger partial charge in [0.25, 0.3) is 0 Å². The summed E-state index contributed by atoms with van der Waals surface area (Å²) in [7, 11) is -3.56. The van der Waals surface area contributed by atoms with Crippen LogP contribution >= 0.6 is 0 Å². The minimum absolute atomic E-state index is 0.0463. The van der Waals surface area contributed by atoms with E-state index in [4.69, 9.17) is 0 Å². The summed E-state index contributed by atoms with van der Waals surface area (Å²) >= 11 is 0. The van der Waals surface area contributed by atoms with E-state index < -0.39 is 10.0 Å². The fourth-order valence-corrected chi connectivity index (χ4v) is 5.93. The lowest BCUT2D eigenvalue weighted by Crippen LogP contribution is -2.38. The fraction of sp³-hybridized carbons (Fsp3) is 0.565. The second-order valence-corrected chi connectivity index (χ2v) is 10.4. The zero-order valence-electron chi connectivity index (χ0n) is 18.8. The summed E-state index contributed by atoms with van der Waals surface area (Å²) in [5, 5.41) is 7.37. The van der Waals surface area contributed by atoms with Crippen LogP contribution in [0.5, 0.6) is 0 Å². The van der Waals surface area contributed by atoms with E-state index in [2.05, 4.69) is 29.5 Å². The molecule has 2 aromatic rings. The molecule has 1 amide bonds. The van der Waals surface area contributed by atoms with Gasteiger partial charge in [-0.3, -0.25) is 9.48 Å². The Hall–Kier alpha value is -2.19. The molecule has 1 N–H and O–H groups in total. The maximum atomic E-state index is 13.2. The molecule has 0 spiro atoms. The van der Waals surface area contributed by atoms with Crippen LogP contribution in [0.25, 0.3) is 0 Å². The number of aryl methyl sites for hydroxylation is 3. The van der Waals surface area contributed by atoms with Gasteiger partial charge in [-0.05, 0) is 51.0 Å². The van der Waals surface area contributed by atoms with Crippen LogP contribution in [-0.2, 0) is 27.8 Å². The van der Waals surface area contributed by atoms with Crippen molar-refractivity contribution in [3.8, 4) is 0 Å². The van der Waals surface area contributed by atoms with Crippen LogP contribution in [0.3, 0.4) is 0 Å². The van der Waals surface area contributed by atoms with Crippen molar-refractivity contribution >= 4 is 15.9 Å². The van der Waals surface area contributed by atoms with Gasteiger partial charge in [-0.25, -0.2) is 8.42 Å². The summed E-state index contributed by atoms with van der Waals surface area (Å²) in [5.41, 5.74) is 2.36. The Morgan fingerprint density at radius 1 is 1.16 bits per heavy atom. The van der Waals surface area contributed by atoms with Gasteiger partial charge >= 0.3 is 0 Å². The van der Waals surface area contributed by atoms with E-state index in [1.165, 1.54) is 5.56 Å². The van der Waals surface area contributed by atoms with Gasteiger partial charge in [0, 0.05) is 26.1 Å². The van der Waals surface area contributed by atoms with Crippen molar-refractivity contribution in [3.63, 3.8) is 0 Å². The van der Waals surface area contributed by atoms with Crippen molar-refractivity contribution in [2.45, 2.75) is 64.3 Å². The average Bonchev–Trinajstić information content (AvgIpc) is 3.04. The number of rotatable bonds is 9. The van der Waals surface area contributed by atoms with Gasteiger partial charge < -0.3 is 5.32 Å². The van der Waals surface area contributed by atoms with E-state index in [0.29, 0.717) is 48.4 Å². The molecule has 1 aliphatic heterocycles. The van der Waals surface area contributed by atoms with Gasteiger partial charge in [-0.2, -0.15) is 9.40 Å². The van der Waals surface area contributed by atoms with Gasteiger partial charge in [-0.1, -0.05) is 37.3 Å². The standard InChI is InChI=1S/C23H34N4O3S/c1-18-11-15-26(16-12-18)31(29,30)23-19(2)25-27(20(23)3)17-13-22(28)24-14-7-10-21-8-5-4-6-9-21/h4-6,8-9,18H,7,10-17H2,1-3H3,(H,24,28). The van der Waals surface area contributed by atoms with Crippen molar-refractivity contribution in [1.29, 1.82) is 0 Å².